The monoisotopic (exact) mass is 433 g/mol. The van der Waals surface area contributed by atoms with Crippen molar-refractivity contribution in [2.24, 2.45) is 22.2 Å². The molecule has 0 heterocycles. The number of fused-ring (bicyclic) bond motifs is 2. The third-order valence-electron chi connectivity index (χ3n) is 7.95. The van der Waals surface area contributed by atoms with Crippen LogP contribution in [0.5, 0.6) is 0 Å². The molecule has 0 saturated heterocycles. The first-order valence-electron chi connectivity index (χ1n) is 11.8. The summed E-state index contributed by atoms with van der Waals surface area (Å²) < 4.78 is 24.0. The molecule has 6 atom stereocenters. The summed E-state index contributed by atoms with van der Waals surface area (Å²) in [6, 6.07) is 10.7. The van der Waals surface area contributed by atoms with Crippen molar-refractivity contribution in [3.63, 3.8) is 0 Å². The van der Waals surface area contributed by atoms with E-state index in [1.165, 1.54) is 12.0 Å². The van der Waals surface area contributed by atoms with Crippen LogP contribution in [0.15, 0.2) is 30.3 Å². The van der Waals surface area contributed by atoms with Gasteiger partial charge in [0.05, 0.1) is 28.9 Å². The molecule has 4 heteroatoms. The molecule has 0 radical (unpaired) electrons. The van der Waals surface area contributed by atoms with E-state index >= 15 is 0 Å². The Kier molecular flexibility index (Phi) is 7.21. The maximum absolute atomic E-state index is 13.9. The molecule has 1 aromatic carbocycles. The van der Waals surface area contributed by atoms with Gasteiger partial charge in [-0.05, 0) is 41.6 Å². The highest BCUT2D eigenvalue weighted by Gasteiger charge is 2.68. The van der Waals surface area contributed by atoms with Crippen LogP contribution in [0.2, 0.25) is 0 Å². The summed E-state index contributed by atoms with van der Waals surface area (Å²) in [6.07, 6.45) is 5.66. The molecule has 0 spiro atoms. The molecule has 1 N–H and O–H groups in total. The topological polar surface area (TPSA) is 38.3 Å². The maximum Gasteiger partial charge on any atom is 0.0982 e. The predicted octanol–water partition coefficient (Wildman–Crippen LogP) is 6.43. The van der Waals surface area contributed by atoms with E-state index in [2.05, 4.69) is 77.5 Å². The fraction of sp³-hybridized carbons (Fsp3) is 0.769. The Balaban J connectivity index is 1.84. The van der Waals surface area contributed by atoms with Gasteiger partial charge in [-0.15, -0.1) is 0 Å². The third kappa shape index (κ3) is 4.56. The predicted molar refractivity (Wildman–Crippen MR) is 128 cm³/mol. The largest absolute Gasteiger partial charge is 0.376 e. The molecule has 0 unspecified atom stereocenters. The Hall–Kier alpha value is -0.710. The van der Waals surface area contributed by atoms with Gasteiger partial charge in [0.2, 0.25) is 0 Å². The SMILES string of the molecule is CCCC[C@@H](N[S@](=O)[C@@H]1[C@H]2CC[C@@](C)([C@@H]1OCC(C)(C)C)C2(C)C)c1ccccc1. The van der Waals surface area contributed by atoms with E-state index in [4.69, 9.17) is 4.74 Å². The van der Waals surface area contributed by atoms with E-state index in [0.717, 1.165) is 25.7 Å². The van der Waals surface area contributed by atoms with E-state index in [9.17, 15) is 4.21 Å². The van der Waals surface area contributed by atoms with Gasteiger partial charge in [-0.1, -0.05) is 91.6 Å². The molecule has 2 saturated carbocycles. The minimum Gasteiger partial charge on any atom is -0.376 e. The highest BCUT2D eigenvalue weighted by molar-refractivity contribution is 7.83. The van der Waals surface area contributed by atoms with Crippen molar-refractivity contribution < 1.29 is 8.95 Å². The maximum atomic E-state index is 13.9. The number of rotatable bonds is 9. The summed E-state index contributed by atoms with van der Waals surface area (Å²) in [4.78, 5) is 0. The Morgan fingerprint density at radius 3 is 2.47 bits per heavy atom. The lowest BCUT2D eigenvalue weighted by Gasteiger charge is -2.41. The molecule has 0 amide bonds. The van der Waals surface area contributed by atoms with Crippen LogP contribution < -0.4 is 4.72 Å². The Labute approximate surface area is 187 Å². The first kappa shape index (κ1) is 23.9. The first-order valence-corrected chi connectivity index (χ1v) is 13.1. The van der Waals surface area contributed by atoms with E-state index in [-0.39, 0.29) is 33.6 Å². The van der Waals surface area contributed by atoms with Crippen molar-refractivity contribution >= 4 is 11.0 Å². The molecule has 2 aliphatic carbocycles. The zero-order valence-corrected chi connectivity index (χ0v) is 21.0. The van der Waals surface area contributed by atoms with Crippen molar-refractivity contribution in [1.29, 1.82) is 0 Å². The minimum absolute atomic E-state index is 0.0430. The van der Waals surface area contributed by atoms with Crippen LogP contribution in [0.4, 0.5) is 0 Å². The molecule has 0 aromatic heterocycles. The lowest BCUT2D eigenvalue weighted by atomic mass is 9.70. The lowest BCUT2D eigenvalue weighted by Crippen LogP contribution is -2.47. The first-order chi connectivity index (χ1) is 14.0. The number of hydrogen-bond donors (Lipinski definition) is 1. The number of hydrogen-bond acceptors (Lipinski definition) is 2. The van der Waals surface area contributed by atoms with Crippen LogP contribution in [0.3, 0.4) is 0 Å². The highest BCUT2D eigenvalue weighted by Crippen LogP contribution is 2.67. The summed E-state index contributed by atoms with van der Waals surface area (Å²) in [7, 11) is -1.13. The molecule has 30 heavy (non-hydrogen) atoms. The fourth-order valence-corrected chi connectivity index (χ4v) is 7.77. The van der Waals surface area contributed by atoms with Gasteiger partial charge in [0.15, 0.2) is 0 Å². The van der Waals surface area contributed by atoms with Crippen LogP contribution in [-0.2, 0) is 15.7 Å². The number of nitrogens with one attached hydrogen (secondary N) is 1. The molecular weight excluding hydrogens is 390 g/mol. The van der Waals surface area contributed by atoms with Gasteiger partial charge < -0.3 is 4.74 Å². The zero-order valence-electron chi connectivity index (χ0n) is 20.2. The molecule has 3 nitrogen and oxygen atoms in total. The molecule has 2 bridgehead atoms. The normalized spacial score (nSPS) is 32.3. The van der Waals surface area contributed by atoms with Crippen molar-refractivity contribution in [3.05, 3.63) is 35.9 Å². The van der Waals surface area contributed by atoms with Crippen LogP contribution in [0, 0.1) is 22.2 Å². The van der Waals surface area contributed by atoms with Gasteiger partial charge in [-0.3, -0.25) is 0 Å². The minimum atomic E-state index is -1.13. The summed E-state index contributed by atoms with van der Waals surface area (Å²) in [5.41, 5.74) is 1.56. The van der Waals surface area contributed by atoms with E-state index in [0.29, 0.717) is 12.5 Å². The van der Waals surface area contributed by atoms with Gasteiger partial charge in [0.1, 0.15) is 0 Å². The summed E-state index contributed by atoms with van der Waals surface area (Å²) in [5.74, 6) is 0.434. The van der Waals surface area contributed by atoms with Crippen LogP contribution in [-0.4, -0.2) is 22.2 Å². The molecule has 2 fully saturated rings. The molecular formula is C26H43NO2S. The van der Waals surface area contributed by atoms with Crippen molar-refractivity contribution in [3.8, 4) is 0 Å². The fourth-order valence-electron chi connectivity index (χ4n) is 5.71. The quantitative estimate of drug-likeness (QED) is 0.487. The zero-order chi connectivity index (χ0) is 22.2. The van der Waals surface area contributed by atoms with Gasteiger partial charge in [0, 0.05) is 11.5 Å². The Bertz CT molecular complexity index is 726. The number of ether oxygens (including phenoxy) is 1. The average molecular weight is 434 g/mol. The molecule has 0 aliphatic heterocycles. The van der Waals surface area contributed by atoms with Gasteiger partial charge in [0.25, 0.3) is 0 Å². The van der Waals surface area contributed by atoms with Gasteiger partial charge in [-0.25, -0.2) is 8.93 Å². The number of unbranched alkanes of at least 4 members (excludes halogenated alkanes) is 1. The third-order valence-corrected chi connectivity index (χ3v) is 9.53. The average Bonchev–Trinajstić information content (AvgIpc) is 3.01. The number of benzene rings is 1. The van der Waals surface area contributed by atoms with Crippen LogP contribution in [0.25, 0.3) is 0 Å². The van der Waals surface area contributed by atoms with E-state index in [1.54, 1.807) is 0 Å². The van der Waals surface area contributed by atoms with Crippen molar-refractivity contribution in [2.75, 3.05) is 6.61 Å². The van der Waals surface area contributed by atoms with Gasteiger partial charge >= 0.3 is 0 Å². The molecule has 3 rings (SSSR count). The summed E-state index contributed by atoms with van der Waals surface area (Å²) >= 11 is 0. The lowest BCUT2D eigenvalue weighted by molar-refractivity contribution is -0.0675. The summed E-state index contributed by atoms with van der Waals surface area (Å²) in [6.45, 7) is 16.7. The second kappa shape index (κ2) is 9.03. The molecule has 2 aliphatic rings. The second-order valence-corrected chi connectivity index (χ2v) is 12.9. The van der Waals surface area contributed by atoms with Crippen molar-refractivity contribution in [2.45, 2.75) is 98.0 Å². The second-order valence-electron chi connectivity index (χ2n) is 11.6. The smallest absolute Gasteiger partial charge is 0.0982 e. The molecule has 170 valence electrons. The van der Waals surface area contributed by atoms with Gasteiger partial charge in [-0.2, -0.15) is 0 Å². The van der Waals surface area contributed by atoms with E-state index < -0.39 is 11.0 Å². The van der Waals surface area contributed by atoms with Crippen molar-refractivity contribution in [1.82, 2.24) is 4.72 Å². The summed E-state index contributed by atoms with van der Waals surface area (Å²) in [5, 5.41) is 0.0499. The Morgan fingerprint density at radius 1 is 1.20 bits per heavy atom. The van der Waals surface area contributed by atoms with Crippen LogP contribution in [0.1, 0.15) is 92.2 Å². The standard InChI is InChI=1S/C26H43NO2S/c1-8-9-15-21(19-13-11-10-12-14-19)27-30(28)22-20-16-17-26(7,25(20,5)6)23(22)29-18-24(2,3)4/h10-14,20-23,27H,8-9,15-18H2,1-7H3/t20-,21-,22-,23-,26+,30-/m1/s1. The molecule has 1 aromatic rings. The van der Waals surface area contributed by atoms with Crippen LogP contribution >= 0.6 is 0 Å². The van der Waals surface area contributed by atoms with E-state index in [1.807, 2.05) is 6.07 Å². The highest BCUT2D eigenvalue weighted by atomic mass is 32.2. The Morgan fingerprint density at radius 2 is 1.87 bits per heavy atom.